The molecule has 1 heterocycles. The van der Waals surface area contributed by atoms with Gasteiger partial charge in [0.1, 0.15) is 0 Å². The fraction of sp³-hybridized carbons (Fsp3) is 1.00. The maximum absolute atomic E-state index is 5.49. The Balaban J connectivity index is 2.18. The first-order chi connectivity index (χ1) is 4.33. The Morgan fingerprint density at radius 3 is 2.11 bits per heavy atom. The molecule has 5 heteroatoms. The van der Waals surface area contributed by atoms with E-state index in [-0.39, 0.29) is 0 Å². The van der Waals surface area contributed by atoms with E-state index >= 15 is 0 Å². The summed E-state index contributed by atoms with van der Waals surface area (Å²) in [6, 6.07) is 0. The highest BCUT2D eigenvalue weighted by molar-refractivity contribution is 4.62. The lowest BCUT2D eigenvalue weighted by atomic mass is 10.4. The molecule has 0 aromatic heterocycles. The molecule has 0 amide bonds. The van der Waals surface area contributed by atoms with Crippen molar-refractivity contribution in [2.45, 2.75) is 0 Å². The second-order valence-electron chi connectivity index (χ2n) is 2.15. The Morgan fingerprint density at radius 2 is 1.67 bits per heavy atom. The first-order valence-corrected chi connectivity index (χ1v) is 3.04. The number of nitrogens with two attached hydrogens (primary N) is 2. The van der Waals surface area contributed by atoms with Crippen molar-refractivity contribution in [2.24, 2.45) is 11.7 Å². The summed E-state index contributed by atoms with van der Waals surface area (Å²) in [5, 5.41) is 3.72. The van der Waals surface area contributed by atoms with Crippen LogP contribution in [0.15, 0.2) is 0 Å². The number of hydrogen-bond acceptors (Lipinski definition) is 5. The zero-order chi connectivity index (χ0) is 6.69. The predicted molar refractivity (Wildman–Crippen MR) is 34.7 cm³/mol. The molecule has 1 aliphatic heterocycles. The van der Waals surface area contributed by atoms with Crippen LogP contribution in [0.2, 0.25) is 0 Å². The number of hydrogen-bond donors (Lipinski definition) is 3. The van der Waals surface area contributed by atoms with Gasteiger partial charge >= 0.3 is 0 Å². The molecular formula is C4H13N5. The molecule has 0 saturated carbocycles. The fourth-order valence-electron chi connectivity index (χ4n) is 0.851. The van der Waals surface area contributed by atoms with Gasteiger partial charge in [-0.15, -0.1) is 0 Å². The minimum atomic E-state index is 0.879. The van der Waals surface area contributed by atoms with Crippen LogP contribution in [0.5, 0.6) is 0 Å². The Bertz CT molecular complexity index is 77.0. The van der Waals surface area contributed by atoms with Gasteiger partial charge in [0, 0.05) is 26.2 Å². The third-order valence-electron chi connectivity index (χ3n) is 1.50. The van der Waals surface area contributed by atoms with E-state index in [4.69, 9.17) is 11.7 Å². The largest absolute Gasteiger partial charge is 0.269 e. The number of nitrogens with zero attached hydrogens (tertiary/aromatic N) is 2. The quantitative estimate of drug-likeness (QED) is 0.280. The lowest BCUT2D eigenvalue weighted by molar-refractivity contribution is 0.0906. The van der Waals surface area contributed by atoms with Gasteiger partial charge in [0.25, 0.3) is 0 Å². The van der Waals surface area contributed by atoms with Gasteiger partial charge in [-0.05, 0) is 0 Å². The average Bonchev–Trinajstić information content (AvgIpc) is 1.90. The Labute approximate surface area is 54.5 Å². The van der Waals surface area contributed by atoms with Crippen LogP contribution in [0.4, 0.5) is 0 Å². The van der Waals surface area contributed by atoms with E-state index in [9.17, 15) is 0 Å². The number of piperazine rings is 1. The van der Waals surface area contributed by atoms with E-state index < -0.39 is 0 Å². The zero-order valence-electron chi connectivity index (χ0n) is 5.38. The number of rotatable bonds is 1. The smallest absolute Gasteiger partial charge is 0.0286 e. The molecule has 54 valence electrons. The van der Waals surface area contributed by atoms with Gasteiger partial charge in [-0.25, -0.2) is 10.0 Å². The second kappa shape index (κ2) is 3.09. The molecule has 0 atom stereocenters. The topological polar surface area (TPSA) is 70.5 Å². The Kier molecular flexibility index (Phi) is 2.38. The highest BCUT2D eigenvalue weighted by atomic mass is 15.6. The normalized spacial score (nSPS) is 24.7. The molecular weight excluding hydrogens is 118 g/mol. The molecule has 9 heavy (non-hydrogen) atoms. The van der Waals surface area contributed by atoms with Crippen molar-refractivity contribution in [1.29, 1.82) is 0 Å². The zero-order valence-corrected chi connectivity index (χ0v) is 5.38. The van der Waals surface area contributed by atoms with Crippen LogP contribution in [0, 0.1) is 0 Å². The first kappa shape index (κ1) is 6.91. The predicted octanol–water partition coefficient (Wildman–Crippen LogP) is -2.14. The van der Waals surface area contributed by atoms with Gasteiger partial charge in [0.2, 0.25) is 0 Å². The van der Waals surface area contributed by atoms with E-state index in [0.29, 0.717) is 0 Å². The van der Waals surface area contributed by atoms with Crippen LogP contribution in [0.25, 0.3) is 0 Å². The van der Waals surface area contributed by atoms with Crippen molar-refractivity contribution in [3.8, 4) is 0 Å². The summed E-state index contributed by atoms with van der Waals surface area (Å²) in [4.78, 5) is 0. The van der Waals surface area contributed by atoms with Crippen LogP contribution < -0.4 is 17.2 Å². The molecule has 0 aromatic rings. The van der Waals surface area contributed by atoms with E-state index in [1.54, 1.807) is 5.01 Å². The Hall–Kier alpha value is -0.200. The molecule has 1 fully saturated rings. The molecule has 0 unspecified atom stereocenters. The number of hydrazine groups is 3. The Morgan fingerprint density at radius 1 is 1.11 bits per heavy atom. The highest BCUT2D eigenvalue weighted by Gasteiger charge is 2.11. The molecule has 1 rings (SSSR count). The highest BCUT2D eigenvalue weighted by Crippen LogP contribution is 1.90. The lowest BCUT2D eigenvalue weighted by Crippen LogP contribution is -2.55. The molecule has 0 spiro atoms. The molecule has 0 aliphatic carbocycles. The fourth-order valence-corrected chi connectivity index (χ4v) is 0.851. The van der Waals surface area contributed by atoms with Gasteiger partial charge in [-0.1, -0.05) is 0 Å². The van der Waals surface area contributed by atoms with Gasteiger partial charge in [-0.2, -0.15) is 5.53 Å². The monoisotopic (exact) mass is 131 g/mol. The van der Waals surface area contributed by atoms with E-state index in [1.165, 1.54) is 0 Å². The van der Waals surface area contributed by atoms with E-state index in [0.717, 1.165) is 26.2 Å². The van der Waals surface area contributed by atoms with Crippen molar-refractivity contribution in [1.82, 2.24) is 15.6 Å². The van der Waals surface area contributed by atoms with Crippen molar-refractivity contribution in [2.75, 3.05) is 26.2 Å². The van der Waals surface area contributed by atoms with Crippen molar-refractivity contribution in [3.05, 3.63) is 0 Å². The van der Waals surface area contributed by atoms with Gasteiger partial charge in [0.15, 0.2) is 0 Å². The van der Waals surface area contributed by atoms with Crippen LogP contribution in [-0.2, 0) is 0 Å². The van der Waals surface area contributed by atoms with Crippen LogP contribution >= 0.6 is 0 Å². The van der Waals surface area contributed by atoms with E-state index in [1.807, 2.05) is 5.01 Å². The van der Waals surface area contributed by atoms with Gasteiger partial charge < -0.3 is 0 Å². The minimum absolute atomic E-state index is 0.879. The van der Waals surface area contributed by atoms with Gasteiger partial charge in [0.05, 0.1) is 0 Å². The summed E-state index contributed by atoms with van der Waals surface area (Å²) in [6.45, 7) is 3.55. The molecule has 0 bridgehead atoms. The number of nitrogens with one attached hydrogen (secondary N) is 1. The average molecular weight is 131 g/mol. The first-order valence-electron chi connectivity index (χ1n) is 3.04. The molecule has 1 saturated heterocycles. The van der Waals surface area contributed by atoms with E-state index in [2.05, 4.69) is 5.53 Å². The van der Waals surface area contributed by atoms with Crippen LogP contribution in [0.3, 0.4) is 0 Å². The molecule has 5 nitrogen and oxygen atoms in total. The molecule has 0 aromatic carbocycles. The maximum Gasteiger partial charge on any atom is 0.0286 e. The third kappa shape index (κ3) is 1.88. The van der Waals surface area contributed by atoms with Crippen molar-refractivity contribution in [3.63, 3.8) is 0 Å². The summed E-state index contributed by atoms with van der Waals surface area (Å²) < 4.78 is 0. The summed E-state index contributed by atoms with van der Waals surface area (Å²) in [5.41, 5.74) is 2.58. The van der Waals surface area contributed by atoms with Crippen molar-refractivity contribution >= 4 is 0 Å². The summed E-state index contributed by atoms with van der Waals surface area (Å²) >= 11 is 0. The summed E-state index contributed by atoms with van der Waals surface area (Å²) in [7, 11) is 0. The second-order valence-corrected chi connectivity index (χ2v) is 2.15. The molecule has 1 aliphatic rings. The summed E-state index contributed by atoms with van der Waals surface area (Å²) in [5.74, 6) is 10.7. The molecule has 0 radical (unpaired) electrons. The van der Waals surface area contributed by atoms with Crippen LogP contribution in [0.1, 0.15) is 0 Å². The third-order valence-corrected chi connectivity index (χ3v) is 1.50. The lowest BCUT2D eigenvalue weighted by Gasteiger charge is -2.30. The SMILES string of the molecule is NNN1CCN(N)CC1. The van der Waals surface area contributed by atoms with Crippen LogP contribution in [-0.4, -0.2) is 36.2 Å². The van der Waals surface area contributed by atoms with Crippen molar-refractivity contribution < 1.29 is 0 Å². The standard InChI is InChI=1S/C4H13N5/c5-7-9-3-1-8(6)2-4-9/h7H,1-6H2. The van der Waals surface area contributed by atoms with Gasteiger partial charge in [-0.3, -0.25) is 11.7 Å². The summed E-state index contributed by atoms with van der Waals surface area (Å²) in [6.07, 6.45) is 0. The minimum Gasteiger partial charge on any atom is -0.269 e. The molecule has 5 N–H and O–H groups in total. The maximum atomic E-state index is 5.49.